The van der Waals surface area contributed by atoms with Gasteiger partial charge in [0.2, 0.25) is 0 Å². The zero-order chi connectivity index (χ0) is 12.3. The zero-order valence-electron chi connectivity index (χ0n) is 9.74. The van der Waals surface area contributed by atoms with Gasteiger partial charge in [0, 0.05) is 10.8 Å². The fraction of sp³-hybridized carbons (Fsp3) is 0.231. The van der Waals surface area contributed by atoms with Gasteiger partial charge in [-0.25, -0.2) is 0 Å². The van der Waals surface area contributed by atoms with Gasteiger partial charge < -0.3 is 0 Å². The Morgan fingerprint density at radius 3 is 2.59 bits per heavy atom. The maximum atomic E-state index is 5.98. The molecule has 0 amide bonds. The van der Waals surface area contributed by atoms with E-state index in [1.807, 2.05) is 43.3 Å². The molecule has 0 N–H and O–H groups in total. The van der Waals surface area contributed by atoms with E-state index in [0.717, 1.165) is 10.8 Å². The van der Waals surface area contributed by atoms with Gasteiger partial charge in [-0.05, 0) is 20.0 Å². The van der Waals surface area contributed by atoms with Crippen LogP contribution in [-0.4, -0.2) is 35.7 Å². The summed E-state index contributed by atoms with van der Waals surface area (Å²) in [5.74, 6) is 6.07. The molecule has 0 atom stereocenters. The Hall–Kier alpha value is -1.63. The lowest BCUT2D eigenvalue weighted by Gasteiger charge is -2.02. The summed E-state index contributed by atoms with van der Waals surface area (Å²) in [5, 5.41) is 10.2. The molecule has 0 bridgehead atoms. The number of rotatable bonds is 1. The molecule has 0 radical (unpaired) electrons. The molecule has 1 aromatic carbocycles. The first kappa shape index (κ1) is 11.8. The predicted molar refractivity (Wildman–Crippen MR) is 70.0 cm³/mol. The fourth-order valence-corrected chi connectivity index (χ4v) is 1.65. The van der Waals surface area contributed by atoms with Crippen molar-refractivity contribution in [2.24, 2.45) is 0 Å². The first-order valence-electron chi connectivity index (χ1n) is 5.23. The van der Waals surface area contributed by atoms with Crippen molar-refractivity contribution in [3.05, 3.63) is 35.1 Å². The molecule has 0 saturated heterocycles. The summed E-state index contributed by atoms with van der Waals surface area (Å²) >= 11 is 5.98. The van der Waals surface area contributed by atoms with Crippen LogP contribution in [0.5, 0.6) is 0 Å². The molecule has 0 aliphatic carbocycles. The molecular formula is C13H12ClN3. The second kappa shape index (κ2) is 5.13. The van der Waals surface area contributed by atoms with Crippen molar-refractivity contribution >= 4 is 22.4 Å². The van der Waals surface area contributed by atoms with Crippen molar-refractivity contribution in [2.75, 3.05) is 20.6 Å². The second-order valence-electron chi connectivity index (χ2n) is 3.92. The van der Waals surface area contributed by atoms with Crippen LogP contribution >= 0.6 is 11.6 Å². The minimum atomic E-state index is 0.416. The third-order valence-corrected chi connectivity index (χ3v) is 2.52. The molecule has 2 rings (SSSR count). The molecule has 1 heterocycles. The van der Waals surface area contributed by atoms with Gasteiger partial charge in [-0.15, -0.1) is 10.2 Å². The highest BCUT2D eigenvalue weighted by Crippen LogP contribution is 2.21. The van der Waals surface area contributed by atoms with Crippen molar-refractivity contribution in [3.8, 4) is 11.8 Å². The van der Waals surface area contributed by atoms with Gasteiger partial charge in [-0.1, -0.05) is 41.8 Å². The van der Waals surface area contributed by atoms with Crippen LogP contribution in [0.25, 0.3) is 10.8 Å². The van der Waals surface area contributed by atoms with E-state index in [-0.39, 0.29) is 0 Å². The van der Waals surface area contributed by atoms with Crippen LogP contribution in [0.15, 0.2) is 24.3 Å². The summed E-state index contributed by atoms with van der Waals surface area (Å²) in [7, 11) is 3.95. The molecule has 17 heavy (non-hydrogen) atoms. The number of nitrogens with zero attached hydrogens (tertiary/aromatic N) is 3. The summed E-state index contributed by atoms with van der Waals surface area (Å²) in [4.78, 5) is 2.00. The number of hydrogen-bond donors (Lipinski definition) is 0. The minimum Gasteiger partial charge on any atom is -0.299 e. The third-order valence-electron chi connectivity index (χ3n) is 2.24. The van der Waals surface area contributed by atoms with Crippen molar-refractivity contribution in [2.45, 2.75) is 0 Å². The van der Waals surface area contributed by atoms with E-state index < -0.39 is 0 Å². The first-order valence-corrected chi connectivity index (χ1v) is 5.61. The number of benzene rings is 1. The topological polar surface area (TPSA) is 29.0 Å². The van der Waals surface area contributed by atoms with Crippen LogP contribution in [0, 0.1) is 11.8 Å². The molecule has 4 heteroatoms. The molecule has 3 nitrogen and oxygen atoms in total. The van der Waals surface area contributed by atoms with Crippen LogP contribution in [0.4, 0.5) is 0 Å². The van der Waals surface area contributed by atoms with Gasteiger partial charge in [-0.2, -0.15) is 0 Å². The Morgan fingerprint density at radius 2 is 1.88 bits per heavy atom. The summed E-state index contributed by atoms with van der Waals surface area (Å²) in [6.07, 6.45) is 0. The van der Waals surface area contributed by atoms with E-state index in [0.29, 0.717) is 17.4 Å². The molecule has 0 spiro atoms. The number of aromatic nitrogens is 2. The molecule has 0 fully saturated rings. The SMILES string of the molecule is CN(C)CC#Cc1nnc(Cl)c2ccccc12. The summed E-state index contributed by atoms with van der Waals surface area (Å²) in [6, 6.07) is 7.74. The lowest BCUT2D eigenvalue weighted by atomic mass is 10.1. The zero-order valence-corrected chi connectivity index (χ0v) is 10.5. The van der Waals surface area contributed by atoms with Gasteiger partial charge in [0.1, 0.15) is 5.69 Å². The van der Waals surface area contributed by atoms with E-state index in [4.69, 9.17) is 11.6 Å². The summed E-state index contributed by atoms with van der Waals surface area (Å²) < 4.78 is 0. The van der Waals surface area contributed by atoms with Crippen LogP contribution < -0.4 is 0 Å². The van der Waals surface area contributed by atoms with Crippen molar-refractivity contribution < 1.29 is 0 Å². The Morgan fingerprint density at radius 1 is 1.18 bits per heavy atom. The highest BCUT2D eigenvalue weighted by molar-refractivity contribution is 6.34. The van der Waals surface area contributed by atoms with Gasteiger partial charge >= 0.3 is 0 Å². The number of halogens is 1. The van der Waals surface area contributed by atoms with Crippen molar-refractivity contribution in [1.82, 2.24) is 15.1 Å². The average molecular weight is 246 g/mol. The van der Waals surface area contributed by atoms with Gasteiger partial charge in [0.25, 0.3) is 0 Å². The number of hydrogen-bond acceptors (Lipinski definition) is 3. The smallest absolute Gasteiger partial charge is 0.159 e. The number of fused-ring (bicyclic) bond motifs is 1. The maximum Gasteiger partial charge on any atom is 0.159 e. The molecule has 0 aliphatic heterocycles. The lowest BCUT2D eigenvalue weighted by molar-refractivity contribution is 0.464. The quantitative estimate of drug-likeness (QED) is 0.722. The highest BCUT2D eigenvalue weighted by atomic mass is 35.5. The first-order chi connectivity index (χ1) is 8.18. The fourth-order valence-electron chi connectivity index (χ4n) is 1.44. The largest absolute Gasteiger partial charge is 0.299 e. The standard InChI is InChI=1S/C13H12ClN3/c1-17(2)9-5-8-12-10-6-3-4-7-11(10)13(14)16-15-12/h3-4,6-7H,9H2,1-2H3. The Bertz CT molecular complexity index is 596. The van der Waals surface area contributed by atoms with Crippen LogP contribution in [0.2, 0.25) is 5.15 Å². The Balaban J connectivity index is 2.47. The summed E-state index contributed by atoms with van der Waals surface area (Å²) in [6.45, 7) is 0.693. The van der Waals surface area contributed by atoms with E-state index in [1.165, 1.54) is 0 Å². The monoisotopic (exact) mass is 245 g/mol. The Labute approximate surface area is 105 Å². The normalized spacial score (nSPS) is 10.4. The molecule has 86 valence electrons. The van der Waals surface area contributed by atoms with E-state index in [9.17, 15) is 0 Å². The van der Waals surface area contributed by atoms with Gasteiger partial charge in [0.15, 0.2) is 5.15 Å². The summed E-state index contributed by atoms with van der Waals surface area (Å²) in [5.41, 5.74) is 0.673. The van der Waals surface area contributed by atoms with E-state index in [2.05, 4.69) is 22.0 Å². The van der Waals surface area contributed by atoms with Crippen molar-refractivity contribution in [3.63, 3.8) is 0 Å². The van der Waals surface area contributed by atoms with Gasteiger partial charge in [0.05, 0.1) is 6.54 Å². The van der Waals surface area contributed by atoms with E-state index in [1.54, 1.807) is 0 Å². The molecule has 0 saturated carbocycles. The average Bonchev–Trinajstić information content (AvgIpc) is 2.32. The minimum absolute atomic E-state index is 0.416. The Kier molecular flexibility index (Phi) is 3.58. The lowest BCUT2D eigenvalue weighted by Crippen LogP contribution is -2.10. The molecule has 2 aromatic rings. The second-order valence-corrected chi connectivity index (χ2v) is 4.28. The molecular weight excluding hydrogens is 234 g/mol. The maximum absolute atomic E-state index is 5.98. The van der Waals surface area contributed by atoms with Crippen LogP contribution in [0.1, 0.15) is 5.69 Å². The molecule has 0 aliphatic rings. The third kappa shape index (κ3) is 2.73. The highest BCUT2D eigenvalue weighted by Gasteiger charge is 2.04. The van der Waals surface area contributed by atoms with Crippen LogP contribution in [-0.2, 0) is 0 Å². The van der Waals surface area contributed by atoms with Gasteiger partial charge in [-0.3, -0.25) is 4.90 Å². The molecule has 1 aromatic heterocycles. The van der Waals surface area contributed by atoms with Crippen molar-refractivity contribution in [1.29, 1.82) is 0 Å². The van der Waals surface area contributed by atoms with E-state index >= 15 is 0 Å². The predicted octanol–water partition coefficient (Wildman–Crippen LogP) is 2.20. The van der Waals surface area contributed by atoms with Crippen LogP contribution in [0.3, 0.4) is 0 Å². The molecule has 0 unspecified atom stereocenters.